The quantitative estimate of drug-likeness (QED) is 0.520. The van der Waals surface area contributed by atoms with Crippen LogP contribution >= 0.6 is 0 Å². The van der Waals surface area contributed by atoms with Gasteiger partial charge in [-0.3, -0.25) is 4.55 Å². The summed E-state index contributed by atoms with van der Waals surface area (Å²) in [5.41, 5.74) is 5.68. The zero-order valence-corrected chi connectivity index (χ0v) is 6.78. The second-order valence-corrected chi connectivity index (χ2v) is 3.11. The number of nitrogen functional groups attached to an aromatic ring is 1. The SMILES string of the molecule is Nc1cccc(OS(=O)(=O)O)c1. The number of hydrogen-bond donors (Lipinski definition) is 2. The summed E-state index contributed by atoms with van der Waals surface area (Å²) in [4.78, 5) is 0. The normalized spacial score (nSPS) is 11.1. The van der Waals surface area contributed by atoms with E-state index in [9.17, 15) is 8.42 Å². The Labute approximate surface area is 69.7 Å². The van der Waals surface area contributed by atoms with Crippen molar-refractivity contribution in [1.29, 1.82) is 0 Å². The monoisotopic (exact) mass is 189 g/mol. The molecule has 0 aliphatic heterocycles. The molecule has 0 atom stereocenters. The molecule has 3 N–H and O–H groups in total. The highest BCUT2D eigenvalue weighted by Gasteiger charge is 2.05. The standard InChI is InChI=1S/C6H7NO4S/c7-5-2-1-3-6(4-5)11-12(8,9)10/h1-4H,7H2,(H,8,9,10). The molecule has 0 aliphatic carbocycles. The molecule has 0 amide bonds. The molecule has 1 aromatic rings. The van der Waals surface area contributed by atoms with E-state index in [0.29, 0.717) is 5.69 Å². The van der Waals surface area contributed by atoms with Gasteiger partial charge >= 0.3 is 10.4 Å². The average Bonchev–Trinajstić information content (AvgIpc) is 1.82. The van der Waals surface area contributed by atoms with Crippen LogP contribution in [0.25, 0.3) is 0 Å². The van der Waals surface area contributed by atoms with Crippen LogP contribution in [-0.4, -0.2) is 13.0 Å². The maximum Gasteiger partial charge on any atom is 0.446 e. The summed E-state index contributed by atoms with van der Waals surface area (Å²) in [5, 5.41) is 0. The first kappa shape index (κ1) is 8.82. The van der Waals surface area contributed by atoms with E-state index in [1.165, 1.54) is 18.2 Å². The van der Waals surface area contributed by atoms with Gasteiger partial charge in [-0.1, -0.05) is 6.07 Å². The van der Waals surface area contributed by atoms with Gasteiger partial charge in [0.2, 0.25) is 0 Å². The van der Waals surface area contributed by atoms with E-state index in [2.05, 4.69) is 4.18 Å². The molecule has 1 aromatic carbocycles. The summed E-state index contributed by atoms with van der Waals surface area (Å²) >= 11 is 0. The molecule has 0 aromatic heterocycles. The van der Waals surface area contributed by atoms with E-state index in [4.69, 9.17) is 10.3 Å². The van der Waals surface area contributed by atoms with Gasteiger partial charge < -0.3 is 9.92 Å². The summed E-state index contributed by atoms with van der Waals surface area (Å²) < 4.78 is 32.8. The van der Waals surface area contributed by atoms with E-state index in [1.807, 2.05) is 0 Å². The van der Waals surface area contributed by atoms with Crippen molar-refractivity contribution in [3.8, 4) is 5.75 Å². The van der Waals surface area contributed by atoms with Crippen LogP contribution in [0.1, 0.15) is 0 Å². The van der Waals surface area contributed by atoms with Gasteiger partial charge in [0, 0.05) is 11.8 Å². The predicted octanol–water partition coefficient (Wildman–Crippen LogP) is 0.450. The van der Waals surface area contributed by atoms with Crippen molar-refractivity contribution >= 4 is 16.1 Å². The average molecular weight is 189 g/mol. The van der Waals surface area contributed by atoms with Gasteiger partial charge in [0.05, 0.1) is 0 Å². The minimum Gasteiger partial charge on any atom is -0.399 e. The van der Waals surface area contributed by atoms with Gasteiger partial charge in [0.25, 0.3) is 0 Å². The van der Waals surface area contributed by atoms with Crippen LogP contribution in [0.4, 0.5) is 5.69 Å². The van der Waals surface area contributed by atoms with Gasteiger partial charge in [0.1, 0.15) is 5.75 Å². The third-order valence-corrected chi connectivity index (χ3v) is 1.46. The van der Waals surface area contributed by atoms with Crippen molar-refractivity contribution in [2.45, 2.75) is 0 Å². The molecule has 0 heterocycles. The van der Waals surface area contributed by atoms with Crippen molar-refractivity contribution < 1.29 is 17.2 Å². The van der Waals surface area contributed by atoms with Crippen molar-refractivity contribution in [2.75, 3.05) is 5.73 Å². The fraction of sp³-hybridized carbons (Fsp3) is 0. The Kier molecular flexibility index (Phi) is 2.20. The Bertz CT molecular complexity index is 373. The number of anilines is 1. The van der Waals surface area contributed by atoms with Gasteiger partial charge in [-0.05, 0) is 12.1 Å². The van der Waals surface area contributed by atoms with Crippen LogP contribution in [0, 0.1) is 0 Å². The lowest BCUT2D eigenvalue weighted by Crippen LogP contribution is -2.06. The summed E-state index contributed by atoms with van der Waals surface area (Å²) in [6.45, 7) is 0. The van der Waals surface area contributed by atoms with E-state index in [0.717, 1.165) is 0 Å². The summed E-state index contributed by atoms with van der Waals surface area (Å²) in [5.74, 6) is -0.0162. The summed E-state index contributed by atoms with van der Waals surface area (Å²) in [6, 6.07) is 5.73. The van der Waals surface area contributed by atoms with Crippen molar-refractivity contribution in [3.05, 3.63) is 24.3 Å². The molecule has 1 rings (SSSR count). The first-order chi connectivity index (χ1) is 5.47. The smallest absolute Gasteiger partial charge is 0.399 e. The molecule has 0 aliphatic rings. The first-order valence-corrected chi connectivity index (χ1v) is 4.36. The van der Waals surface area contributed by atoms with E-state index >= 15 is 0 Å². The highest BCUT2D eigenvalue weighted by molar-refractivity contribution is 7.81. The number of hydrogen-bond acceptors (Lipinski definition) is 4. The molecule has 0 saturated heterocycles. The van der Waals surface area contributed by atoms with Crippen LogP contribution in [-0.2, 0) is 10.4 Å². The molecular weight excluding hydrogens is 182 g/mol. The van der Waals surface area contributed by atoms with Gasteiger partial charge in [-0.25, -0.2) is 0 Å². The Morgan fingerprint density at radius 2 is 2.08 bits per heavy atom. The van der Waals surface area contributed by atoms with Crippen LogP contribution in [0.3, 0.4) is 0 Å². The van der Waals surface area contributed by atoms with Crippen molar-refractivity contribution in [1.82, 2.24) is 0 Å². The Morgan fingerprint density at radius 1 is 1.42 bits per heavy atom. The highest BCUT2D eigenvalue weighted by atomic mass is 32.3. The molecule has 6 heteroatoms. The maximum atomic E-state index is 10.2. The minimum absolute atomic E-state index is 0.0162. The fourth-order valence-corrected chi connectivity index (χ4v) is 1.03. The maximum absolute atomic E-state index is 10.2. The zero-order chi connectivity index (χ0) is 9.19. The molecule has 0 fully saturated rings. The van der Waals surface area contributed by atoms with Gasteiger partial charge in [-0.15, -0.1) is 0 Å². The number of benzene rings is 1. The fourth-order valence-electron chi connectivity index (χ4n) is 0.688. The topological polar surface area (TPSA) is 89.6 Å². The molecule has 0 saturated carbocycles. The van der Waals surface area contributed by atoms with Gasteiger partial charge in [0.15, 0.2) is 0 Å². The first-order valence-electron chi connectivity index (χ1n) is 3.00. The van der Waals surface area contributed by atoms with Crippen LogP contribution in [0.5, 0.6) is 5.75 Å². The molecule has 66 valence electrons. The number of nitrogens with two attached hydrogens (primary N) is 1. The van der Waals surface area contributed by atoms with Crippen LogP contribution < -0.4 is 9.92 Å². The lowest BCUT2D eigenvalue weighted by atomic mass is 10.3. The van der Waals surface area contributed by atoms with E-state index in [-0.39, 0.29) is 5.75 Å². The van der Waals surface area contributed by atoms with E-state index in [1.54, 1.807) is 6.07 Å². The Hall–Kier alpha value is -1.27. The molecule has 0 spiro atoms. The van der Waals surface area contributed by atoms with Gasteiger partial charge in [-0.2, -0.15) is 8.42 Å². The predicted molar refractivity (Wildman–Crippen MR) is 43.0 cm³/mol. The van der Waals surface area contributed by atoms with Crippen molar-refractivity contribution in [3.63, 3.8) is 0 Å². The largest absolute Gasteiger partial charge is 0.446 e. The molecule has 0 unspecified atom stereocenters. The molecule has 0 radical (unpaired) electrons. The Balaban J connectivity index is 2.91. The van der Waals surface area contributed by atoms with Crippen molar-refractivity contribution in [2.24, 2.45) is 0 Å². The number of rotatable bonds is 2. The second-order valence-electron chi connectivity index (χ2n) is 2.08. The minimum atomic E-state index is -4.45. The molecule has 5 nitrogen and oxygen atoms in total. The lowest BCUT2D eigenvalue weighted by molar-refractivity contribution is 0.387. The van der Waals surface area contributed by atoms with Crippen LogP contribution in [0.2, 0.25) is 0 Å². The van der Waals surface area contributed by atoms with Crippen LogP contribution in [0.15, 0.2) is 24.3 Å². The lowest BCUT2D eigenvalue weighted by Gasteiger charge is -2.00. The Morgan fingerprint density at radius 3 is 2.58 bits per heavy atom. The third-order valence-electron chi connectivity index (χ3n) is 1.06. The highest BCUT2D eigenvalue weighted by Crippen LogP contribution is 2.15. The molecular formula is C6H7NO4S. The zero-order valence-electron chi connectivity index (χ0n) is 5.97. The molecule has 12 heavy (non-hydrogen) atoms. The summed E-state index contributed by atoms with van der Waals surface area (Å²) in [7, 11) is -4.45. The molecule has 0 bridgehead atoms. The van der Waals surface area contributed by atoms with E-state index < -0.39 is 10.4 Å². The third kappa shape index (κ3) is 2.77. The summed E-state index contributed by atoms with van der Waals surface area (Å²) in [6.07, 6.45) is 0. The second kappa shape index (κ2) is 3.00.